The number of ether oxygens (including phenoxy) is 1. The Hall–Kier alpha value is -2.17. The van der Waals surface area contributed by atoms with Gasteiger partial charge >= 0.3 is 0 Å². The Morgan fingerprint density at radius 2 is 2.04 bits per heavy atom. The average Bonchev–Trinajstić information content (AvgIpc) is 2.54. The lowest BCUT2D eigenvalue weighted by atomic mass is 10.2. The molecule has 5 nitrogen and oxygen atoms in total. The molecule has 0 spiro atoms. The van der Waals surface area contributed by atoms with Crippen LogP contribution in [0.4, 0.5) is 0 Å². The highest BCUT2D eigenvalue weighted by Crippen LogP contribution is 2.32. The highest BCUT2D eigenvalue weighted by atomic mass is 79.9. The van der Waals surface area contributed by atoms with Crippen molar-refractivity contribution in [3.63, 3.8) is 0 Å². The van der Waals surface area contributed by atoms with Gasteiger partial charge in [0.25, 0.3) is 5.91 Å². The van der Waals surface area contributed by atoms with Crippen LogP contribution < -0.4 is 10.2 Å². The molecule has 24 heavy (non-hydrogen) atoms. The molecule has 0 heterocycles. The van der Waals surface area contributed by atoms with Gasteiger partial charge < -0.3 is 4.74 Å². The van der Waals surface area contributed by atoms with Crippen molar-refractivity contribution in [2.24, 2.45) is 5.10 Å². The Balaban J connectivity index is 1.87. The quantitative estimate of drug-likeness (QED) is 0.554. The van der Waals surface area contributed by atoms with E-state index in [9.17, 15) is 4.79 Å². The van der Waals surface area contributed by atoms with Crippen molar-refractivity contribution >= 4 is 44.0 Å². The molecule has 1 N–H and O–H groups in total. The van der Waals surface area contributed by atoms with E-state index in [0.29, 0.717) is 11.3 Å². The summed E-state index contributed by atoms with van der Waals surface area (Å²) in [5, 5.41) is 12.6. The molecular formula is C17H13Br2N3O2. The summed E-state index contributed by atoms with van der Waals surface area (Å²) in [6, 6.07) is 12.6. The lowest BCUT2D eigenvalue weighted by Crippen LogP contribution is -2.24. The van der Waals surface area contributed by atoms with Gasteiger partial charge in [0.2, 0.25) is 0 Å². The summed E-state index contributed by atoms with van der Waals surface area (Å²) in [5.74, 6) is 0.249. The first-order valence-electron chi connectivity index (χ1n) is 6.90. The van der Waals surface area contributed by atoms with E-state index in [1.165, 1.54) is 6.21 Å². The molecule has 2 aromatic carbocycles. The Bertz CT molecular complexity index is 789. The van der Waals surface area contributed by atoms with E-state index in [2.05, 4.69) is 42.4 Å². The van der Waals surface area contributed by atoms with Crippen LogP contribution in [-0.4, -0.2) is 18.7 Å². The third kappa shape index (κ3) is 5.18. The van der Waals surface area contributed by atoms with Crippen molar-refractivity contribution in [2.75, 3.05) is 6.61 Å². The second kappa shape index (κ2) is 8.62. The van der Waals surface area contributed by atoms with E-state index in [-0.39, 0.29) is 12.5 Å². The first-order valence-corrected chi connectivity index (χ1v) is 8.48. The van der Waals surface area contributed by atoms with Gasteiger partial charge in [-0.05, 0) is 58.2 Å². The third-order valence-corrected chi connectivity index (χ3v) is 4.03. The minimum absolute atomic E-state index is 0.147. The number of benzene rings is 2. The number of halogens is 2. The van der Waals surface area contributed by atoms with E-state index in [1.807, 2.05) is 25.1 Å². The number of rotatable bonds is 5. The molecule has 1 amide bonds. The Morgan fingerprint density at radius 3 is 2.67 bits per heavy atom. The maximum Gasteiger partial charge on any atom is 0.277 e. The van der Waals surface area contributed by atoms with Gasteiger partial charge in [-0.15, -0.1) is 0 Å². The molecule has 0 radical (unpaired) electrons. The molecule has 0 saturated carbocycles. The number of nitriles is 1. The molecule has 2 aromatic rings. The van der Waals surface area contributed by atoms with E-state index in [0.717, 1.165) is 20.1 Å². The van der Waals surface area contributed by atoms with Crippen molar-refractivity contribution in [1.29, 1.82) is 5.26 Å². The second-order valence-corrected chi connectivity index (χ2v) is 6.62. The molecule has 0 aliphatic carbocycles. The van der Waals surface area contributed by atoms with Crippen LogP contribution in [0, 0.1) is 18.3 Å². The maximum absolute atomic E-state index is 11.8. The van der Waals surface area contributed by atoms with Gasteiger partial charge in [0, 0.05) is 4.47 Å². The van der Waals surface area contributed by atoms with E-state index < -0.39 is 0 Å². The van der Waals surface area contributed by atoms with Crippen LogP contribution in [0.5, 0.6) is 5.75 Å². The van der Waals surface area contributed by atoms with E-state index in [4.69, 9.17) is 10.00 Å². The molecule has 0 atom stereocenters. The zero-order chi connectivity index (χ0) is 17.5. The summed E-state index contributed by atoms with van der Waals surface area (Å²) in [6.45, 7) is 1.75. The van der Waals surface area contributed by atoms with Crippen LogP contribution >= 0.6 is 31.9 Å². The standard InChI is InChI=1S/C17H13Br2N3O2/c1-11-6-14(18)7-15(19)17(11)24-10-16(23)22-21-9-13-4-2-12(8-20)3-5-13/h2-7,9H,10H2,1H3,(H,22,23). The number of carbonyl (C=O) groups excluding carboxylic acids is 1. The molecular weight excluding hydrogens is 438 g/mol. The average molecular weight is 451 g/mol. The molecule has 0 aliphatic rings. The summed E-state index contributed by atoms with van der Waals surface area (Å²) < 4.78 is 7.22. The molecule has 0 saturated heterocycles. The van der Waals surface area contributed by atoms with Crippen molar-refractivity contribution in [2.45, 2.75) is 6.92 Å². The number of hydrogen-bond acceptors (Lipinski definition) is 4. The zero-order valence-electron chi connectivity index (χ0n) is 12.7. The van der Waals surface area contributed by atoms with Crippen LogP contribution in [-0.2, 0) is 4.79 Å². The van der Waals surface area contributed by atoms with Crippen LogP contribution in [0.25, 0.3) is 0 Å². The van der Waals surface area contributed by atoms with Crippen LogP contribution in [0.2, 0.25) is 0 Å². The van der Waals surface area contributed by atoms with Gasteiger partial charge in [-0.3, -0.25) is 4.79 Å². The SMILES string of the molecule is Cc1cc(Br)cc(Br)c1OCC(=O)NN=Cc1ccc(C#N)cc1. The van der Waals surface area contributed by atoms with E-state index in [1.54, 1.807) is 24.3 Å². The van der Waals surface area contributed by atoms with Gasteiger partial charge in [-0.1, -0.05) is 28.1 Å². The number of carbonyl (C=O) groups is 1. The number of nitrogens with one attached hydrogen (secondary N) is 1. The van der Waals surface area contributed by atoms with Gasteiger partial charge in [0.05, 0.1) is 22.3 Å². The van der Waals surface area contributed by atoms with Crippen molar-refractivity contribution < 1.29 is 9.53 Å². The largest absolute Gasteiger partial charge is 0.482 e. The number of nitrogens with zero attached hydrogens (tertiary/aromatic N) is 2. The number of hydrazone groups is 1. The molecule has 0 aromatic heterocycles. The highest BCUT2D eigenvalue weighted by molar-refractivity contribution is 9.11. The summed E-state index contributed by atoms with van der Waals surface area (Å²) >= 11 is 6.79. The lowest BCUT2D eigenvalue weighted by Gasteiger charge is -2.10. The van der Waals surface area contributed by atoms with Crippen LogP contribution in [0.15, 0.2) is 50.4 Å². The number of aryl methyl sites for hydroxylation is 1. The normalized spacial score (nSPS) is 10.4. The fourth-order valence-corrected chi connectivity index (χ4v) is 3.42. The van der Waals surface area contributed by atoms with Gasteiger partial charge in [0.1, 0.15) is 5.75 Å². The zero-order valence-corrected chi connectivity index (χ0v) is 15.9. The minimum Gasteiger partial charge on any atom is -0.482 e. The van der Waals surface area contributed by atoms with E-state index >= 15 is 0 Å². The highest BCUT2D eigenvalue weighted by Gasteiger charge is 2.09. The molecule has 122 valence electrons. The molecule has 7 heteroatoms. The summed E-state index contributed by atoms with van der Waals surface area (Å²) in [7, 11) is 0. The summed E-state index contributed by atoms with van der Waals surface area (Å²) in [5.41, 5.74) is 4.65. The van der Waals surface area contributed by atoms with Crippen LogP contribution in [0.1, 0.15) is 16.7 Å². The van der Waals surface area contributed by atoms with Crippen LogP contribution in [0.3, 0.4) is 0 Å². The maximum atomic E-state index is 11.8. The summed E-state index contributed by atoms with van der Waals surface area (Å²) in [4.78, 5) is 11.8. The smallest absolute Gasteiger partial charge is 0.277 e. The van der Waals surface area contributed by atoms with Crippen molar-refractivity contribution in [3.05, 3.63) is 62.0 Å². The second-order valence-electron chi connectivity index (χ2n) is 4.85. The Labute approximate surface area is 156 Å². The predicted octanol–water partition coefficient (Wildman–Crippen LogP) is 3.92. The Kier molecular flexibility index (Phi) is 6.53. The van der Waals surface area contributed by atoms with Gasteiger partial charge in [0.15, 0.2) is 6.61 Å². The molecule has 0 bridgehead atoms. The van der Waals surface area contributed by atoms with Crippen molar-refractivity contribution in [1.82, 2.24) is 5.43 Å². The molecule has 0 aliphatic heterocycles. The topological polar surface area (TPSA) is 74.5 Å². The molecule has 0 unspecified atom stereocenters. The fraction of sp³-hybridized carbons (Fsp3) is 0.118. The number of hydrogen-bond donors (Lipinski definition) is 1. The first-order chi connectivity index (χ1) is 11.5. The lowest BCUT2D eigenvalue weighted by molar-refractivity contribution is -0.123. The fourth-order valence-electron chi connectivity index (χ4n) is 1.86. The third-order valence-electron chi connectivity index (χ3n) is 2.98. The number of amides is 1. The summed E-state index contributed by atoms with van der Waals surface area (Å²) in [6.07, 6.45) is 1.50. The predicted molar refractivity (Wildman–Crippen MR) is 99.0 cm³/mol. The van der Waals surface area contributed by atoms with Crippen molar-refractivity contribution in [3.8, 4) is 11.8 Å². The first kappa shape index (κ1) is 18.2. The van der Waals surface area contributed by atoms with Gasteiger partial charge in [-0.25, -0.2) is 5.43 Å². The van der Waals surface area contributed by atoms with Gasteiger partial charge in [-0.2, -0.15) is 10.4 Å². The Morgan fingerprint density at radius 1 is 1.33 bits per heavy atom. The molecule has 0 fully saturated rings. The molecule has 2 rings (SSSR count). The monoisotopic (exact) mass is 449 g/mol. The minimum atomic E-state index is -0.367.